The average Bonchev–Trinajstić information content (AvgIpc) is 2.45. The van der Waals surface area contributed by atoms with Gasteiger partial charge in [-0.3, -0.25) is 0 Å². The number of aromatic nitrogens is 2. The fourth-order valence-electron chi connectivity index (χ4n) is 1.97. The highest BCUT2D eigenvalue weighted by Gasteiger charge is 2.11. The second-order valence-corrected chi connectivity index (χ2v) is 4.89. The van der Waals surface area contributed by atoms with Crippen LogP contribution in [0.3, 0.4) is 0 Å². The summed E-state index contributed by atoms with van der Waals surface area (Å²) in [6.45, 7) is 4.48. The molecule has 0 radical (unpaired) electrons. The summed E-state index contributed by atoms with van der Waals surface area (Å²) >= 11 is 0. The van der Waals surface area contributed by atoms with Crippen molar-refractivity contribution in [3.05, 3.63) is 41.2 Å². The second-order valence-electron chi connectivity index (χ2n) is 4.89. The molecule has 0 aliphatic rings. The maximum atomic E-state index is 5.93. The van der Waals surface area contributed by atoms with E-state index in [1.807, 2.05) is 31.2 Å². The van der Waals surface area contributed by atoms with Crippen LogP contribution < -0.4 is 10.5 Å². The molecule has 0 amide bonds. The van der Waals surface area contributed by atoms with E-state index in [0.29, 0.717) is 29.9 Å². The fourth-order valence-corrected chi connectivity index (χ4v) is 1.97. The van der Waals surface area contributed by atoms with Crippen LogP contribution in [0.4, 0.5) is 5.82 Å². The normalized spacial score (nSPS) is 10.6. The molecule has 5 nitrogen and oxygen atoms in total. The van der Waals surface area contributed by atoms with Gasteiger partial charge in [0, 0.05) is 13.5 Å². The van der Waals surface area contributed by atoms with Crippen LogP contribution in [0.5, 0.6) is 11.6 Å². The van der Waals surface area contributed by atoms with E-state index >= 15 is 0 Å². The second kappa shape index (κ2) is 7.04. The Kier molecular flexibility index (Phi) is 5.11. The van der Waals surface area contributed by atoms with Crippen molar-refractivity contribution in [2.24, 2.45) is 0 Å². The third-order valence-corrected chi connectivity index (χ3v) is 3.08. The zero-order valence-electron chi connectivity index (χ0n) is 12.7. The van der Waals surface area contributed by atoms with Crippen LogP contribution in [0.15, 0.2) is 24.3 Å². The molecule has 0 aliphatic heterocycles. The molecule has 2 N–H and O–H groups in total. The third-order valence-electron chi connectivity index (χ3n) is 3.08. The molecule has 2 rings (SSSR count). The third kappa shape index (κ3) is 3.92. The van der Waals surface area contributed by atoms with Gasteiger partial charge in [-0.1, -0.05) is 19.1 Å². The Hall–Kier alpha value is -2.14. The number of nitrogens with zero attached hydrogens (tertiary/aromatic N) is 2. The van der Waals surface area contributed by atoms with Gasteiger partial charge in [-0.15, -0.1) is 0 Å². The lowest BCUT2D eigenvalue weighted by Crippen LogP contribution is -2.05. The molecular weight excluding hydrogens is 266 g/mol. The molecule has 0 atom stereocenters. The molecule has 21 heavy (non-hydrogen) atoms. The summed E-state index contributed by atoms with van der Waals surface area (Å²) in [4.78, 5) is 8.73. The number of hydrogen-bond acceptors (Lipinski definition) is 5. The van der Waals surface area contributed by atoms with Crippen LogP contribution in [0, 0.1) is 6.92 Å². The predicted octanol–water partition coefficient (Wildman–Crippen LogP) is 3.26. The molecular formula is C16H21N3O2. The van der Waals surface area contributed by atoms with Crippen molar-refractivity contribution in [3.63, 3.8) is 0 Å². The number of ether oxygens (including phenoxy) is 2. The smallest absolute Gasteiger partial charge is 0.227 e. The summed E-state index contributed by atoms with van der Waals surface area (Å²) < 4.78 is 11.0. The Bertz CT molecular complexity index is 614. The standard InChI is InChI=1S/C16H21N3O2/c1-4-6-14-18-15(17)11(2)16(19-14)21-13-8-5-7-12(9-13)10-20-3/h5,7-9H,4,6,10H2,1-3H3,(H2,17,18,19). The molecule has 1 aromatic carbocycles. The first-order valence-electron chi connectivity index (χ1n) is 7.02. The maximum Gasteiger partial charge on any atom is 0.227 e. The van der Waals surface area contributed by atoms with Crippen LogP contribution in [0.25, 0.3) is 0 Å². The van der Waals surface area contributed by atoms with Gasteiger partial charge in [0.25, 0.3) is 0 Å². The lowest BCUT2D eigenvalue weighted by molar-refractivity contribution is 0.184. The van der Waals surface area contributed by atoms with E-state index < -0.39 is 0 Å². The highest BCUT2D eigenvalue weighted by molar-refractivity contribution is 5.46. The number of rotatable bonds is 6. The average molecular weight is 287 g/mol. The van der Waals surface area contributed by atoms with Crippen molar-refractivity contribution in [2.45, 2.75) is 33.3 Å². The minimum atomic E-state index is 0.469. The Morgan fingerprint density at radius 3 is 2.76 bits per heavy atom. The minimum absolute atomic E-state index is 0.469. The van der Waals surface area contributed by atoms with E-state index in [0.717, 1.165) is 24.0 Å². The van der Waals surface area contributed by atoms with Gasteiger partial charge >= 0.3 is 0 Å². The lowest BCUT2D eigenvalue weighted by atomic mass is 10.2. The summed E-state index contributed by atoms with van der Waals surface area (Å²) in [5.41, 5.74) is 7.73. The van der Waals surface area contributed by atoms with E-state index in [4.69, 9.17) is 15.2 Å². The van der Waals surface area contributed by atoms with Gasteiger partial charge in [-0.25, -0.2) is 4.98 Å². The summed E-state index contributed by atoms with van der Waals surface area (Å²) in [6.07, 6.45) is 1.75. The predicted molar refractivity (Wildman–Crippen MR) is 82.4 cm³/mol. The quantitative estimate of drug-likeness (QED) is 0.883. The lowest BCUT2D eigenvalue weighted by Gasteiger charge is -2.11. The summed E-state index contributed by atoms with van der Waals surface area (Å²) in [5.74, 6) is 2.41. The van der Waals surface area contributed by atoms with Crippen molar-refractivity contribution in [3.8, 4) is 11.6 Å². The van der Waals surface area contributed by atoms with Gasteiger partial charge in [0.2, 0.25) is 5.88 Å². The van der Waals surface area contributed by atoms with E-state index in [2.05, 4.69) is 16.9 Å². The molecule has 0 fully saturated rings. The molecule has 0 aliphatic carbocycles. The van der Waals surface area contributed by atoms with Gasteiger partial charge in [0.1, 0.15) is 17.4 Å². The van der Waals surface area contributed by atoms with E-state index in [1.54, 1.807) is 7.11 Å². The molecule has 0 saturated heterocycles. The van der Waals surface area contributed by atoms with E-state index in [-0.39, 0.29) is 0 Å². The molecule has 0 spiro atoms. The molecule has 112 valence electrons. The largest absolute Gasteiger partial charge is 0.439 e. The number of anilines is 1. The van der Waals surface area contributed by atoms with Crippen LogP contribution in [0.2, 0.25) is 0 Å². The number of benzene rings is 1. The van der Waals surface area contributed by atoms with Crippen molar-refractivity contribution < 1.29 is 9.47 Å². The van der Waals surface area contributed by atoms with Crippen LogP contribution in [-0.2, 0) is 17.8 Å². The highest BCUT2D eigenvalue weighted by atomic mass is 16.5. The van der Waals surface area contributed by atoms with Crippen molar-refractivity contribution >= 4 is 5.82 Å². The number of methoxy groups -OCH3 is 1. The SMILES string of the molecule is CCCc1nc(N)c(C)c(Oc2cccc(COC)c2)n1. The van der Waals surface area contributed by atoms with Gasteiger partial charge in [-0.05, 0) is 31.0 Å². The van der Waals surface area contributed by atoms with E-state index in [1.165, 1.54) is 0 Å². The first-order valence-corrected chi connectivity index (χ1v) is 7.02. The van der Waals surface area contributed by atoms with Crippen molar-refractivity contribution in [2.75, 3.05) is 12.8 Å². The number of hydrogen-bond donors (Lipinski definition) is 1. The van der Waals surface area contributed by atoms with E-state index in [9.17, 15) is 0 Å². The van der Waals surface area contributed by atoms with Crippen molar-refractivity contribution in [1.29, 1.82) is 0 Å². The first kappa shape index (κ1) is 15.3. The molecule has 1 heterocycles. The van der Waals surface area contributed by atoms with Gasteiger partial charge in [0.05, 0.1) is 12.2 Å². The Balaban J connectivity index is 2.27. The van der Waals surface area contributed by atoms with Gasteiger partial charge in [0.15, 0.2) is 0 Å². The molecule has 2 aromatic rings. The van der Waals surface area contributed by atoms with Crippen LogP contribution in [0.1, 0.15) is 30.3 Å². The number of nitrogens with two attached hydrogens (primary N) is 1. The highest BCUT2D eigenvalue weighted by Crippen LogP contribution is 2.26. The van der Waals surface area contributed by atoms with Crippen LogP contribution >= 0.6 is 0 Å². The maximum absolute atomic E-state index is 5.93. The van der Waals surface area contributed by atoms with Crippen LogP contribution in [-0.4, -0.2) is 17.1 Å². The Labute approximate surface area is 125 Å². The molecule has 1 aromatic heterocycles. The number of aryl methyl sites for hydroxylation is 1. The molecule has 5 heteroatoms. The number of nitrogen functional groups attached to an aromatic ring is 1. The summed E-state index contributed by atoms with van der Waals surface area (Å²) in [6, 6.07) is 7.73. The summed E-state index contributed by atoms with van der Waals surface area (Å²) in [7, 11) is 1.67. The summed E-state index contributed by atoms with van der Waals surface area (Å²) in [5, 5.41) is 0. The van der Waals surface area contributed by atoms with Crippen molar-refractivity contribution in [1.82, 2.24) is 9.97 Å². The zero-order valence-corrected chi connectivity index (χ0v) is 12.7. The zero-order chi connectivity index (χ0) is 15.2. The van der Waals surface area contributed by atoms with Gasteiger partial charge < -0.3 is 15.2 Å². The molecule has 0 saturated carbocycles. The minimum Gasteiger partial charge on any atom is -0.439 e. The Morgan fingerprint density at radius 2 is 2.05 bits per heavy atom. The molecule has 0 bridgehead atoms. The molecule has 0 unspecified atom stereocenters. The topological polar surface area (TPSA) is 70.3 Å². The monoisotopic (exact) mass is 287 g/mol. The Morgan fingerprint density at radius 1 is 1.24 bits per heavy atom. The first-order chi connectivity index (χ1) is 10.1. The van der Waals surface area contributed by atoms with Gasteiger partial charge in [-0.2, -0.15) is 4.98 Å². The fraction of sp³-hybridized carbons (Fsp3) is 0.375.